The summed E-state index contributed by atoms with van der Waals surface area (Å²) in [6.45, 7) is 1.94. The van der Waals surface area contributed by atoms with Crippen LogP contribution in [0.5, 0.6) is 0 Å². The van der Waals surface area contributed by atoms with Crippen molar-refractivity contribution >= 4 is 21.7 Å². The van der Waals surface area contributed by atoms with Crippen molar-refractivity contribution in [3.8, 4) is 0 Å². The smallest absolute Gasteiger partial charge is 0.251 e. The summed E-state index contributed by atoms with van der Waals surface area (Å²) in [4.78, 5) is 12.2. The van der Waals surface area contributed by atoms with Crippen LogP contribution in [0.3, 0.4) is 0 Å². The van der Waals surface area contributed by atoms with E-state index in [0.717, 1.165) is 25.9 Å². The number of piperidine rings is 1. The predicted molar refractivity (Wildman–Crippen MR) is 71.0 cm³/mol. The normalized spacial score (nSPS) is 16.7. The molecule has 1 N–H and O–H groups in total. The average molecular weight is 325 g/mol. The number of nitrogens with one attached hydrogen (secondary N) is 1. The van der Waals surface area contributed by atoms with Gasteiger partial charge in [0, 0.05) is 0 Å². The molecule has 3 heterocycles. The van der Waals surface area contributed by atoms with E-state index < -0.39 is 0 Å². The van der Waals surface area contributed by atoms with Crippen LogP contribution in [-0.4, -0.2) is 33.9 Å². The molecular weight excluding hydrogens is 312 g/mol. The van der Waals surface area contributed by atoms with Gasteiger partial charge in [-0.1, -0.05) is 5.21 Å². The van der Waals surface area contributed by atoms with E-state index in [1.54, 1.807) is 16.9 Å². The van der Waals surface area contributed by atoms with Crippen LogP contribution in [0.2, 0.25) is 0 Å². The number of halogens is 1. The highest BCUT2D eigenvalue weighted by Crippen LogP contribution is 2.22. The van der Waals surface area contributed by atoms with Gasteiger partial charge in [-0.3, -0.25) is 4.79 Å². The number of aromatic nitrogens is 3. The average Bonchev–Trinajstić information content (AvgIpc) is 3.08. The second-order valence-electron chi connectivity index (χ2n) is 4.49. The fourth-order valence-corrected chi connectivity index (χ4v) is 2.58. The zero-order chi connectivity index (χ0) is 13.2. The number of ketones is 1. The van der Waals surface area contributed by atoms with E-state index in [1.807, 2.05) is 0 Å². The minimum Gasteiger partial charge on any atom is -0.460 e. The topological polar surface area (TPSA) is 73.0 Å². The SMILES string of the molecule is O=C(c1cn(C2CCNCC2)nn1)c1occc1Br. The van der Waals surface area contributed by atoms with Gasteiger partial charge < -0.3 is 9.73 Å². The molecular formula is C12H13BrN4O2. The van der Waals surface area contributed by atoms with Crippen LogP contribution in [0.15, 0.2) is 27.4 Å². The molecule has 0 atom stereocenters. The van der Waals surface area contributed by atoms with Gasteiger partial charge in [0.05, 0.1) is 23.0 Å². The maximum absolute atomic E-state index is 12.2. The van der Waals surface area contributed by atoms with Gasteiger partial charge in [-0.25, -0.2) is 4.68 Å². The van der Waals surface area contributed by atoms with Gasteiger partial charge in [0.2, 0.25) is 0 Å². The Labute approximate surface area is 118 Å². The lowest BCUT2D eigenvalue weighted by atomic mass is 10.1. The van der Waals surface area contributed by atoms with Crippen molar-refractivity contribution in [1.82, 2.24) is 20.3 Å². The summed E-state index contributed by atoms with van der Waals surface area (Å²) < 4.78 is 7.57. The Morgan fingerprint density at radius 3 is 2.95 bits per heavy atom. The molecule has 0 aromatic carbocycles. The molecule has 1 saturated heterocycles. The van der Waals surface area contributed by atoms with Crippen molar-refractivity contribution in [2.24, 2.45) is 0 Å². The van der Waals surface area contributed by atoms with Crippen molar-refractivity contribution in [2.45, 2.75) is 18.9 Å². The lowest BCUT2D eigenvalue weighted by molar-refractivity contribution is 0.100. The van der Waals surface area contributed by atoms with Gasteiger partial charge in [0.1, 0.15) is 0 Å². The Balaban J connectivity index is 1.81. The van der Waals surface area contributed by atoms with Crippen LogP contribution in [0, 0.1) is 0 Å². The monoisotopic (exact) mass is 324 g/mol. The minimum atomic E-state index is -0.253. The second kappa shape index (κ2) is 5.26. The molecule has 1 fully saturated rings. The third kappa shape index (κ3) is 2.48. The van der Waals surface area contributed by atoms with Gasteiger partial charge >= 0.3 is 0 Å². The molecule has 2 aromatic rings. The molecule has 0 amide bonds. The van der Waals surface area contributed by atoms with Gasteiger partial charge in [-0.05, 0) is 47.9 Å². The molecule has 0 aliphatic carbocycles. The largest absolute Gasteiger partial charge is 0.460 e. The van der Waals surface area contributed by atoms with Gasteiger partial charge in [-0.15, -0.1) is 5.10 Å². The summed E-state index contributed by atoms with van der Waals surface area (Å²) in [5.74, 6) is 0.00872. The van der Waals surface area contributed by atoms with Gasteiger partial charge in [-0.2, -0.15) is 0 Å². The molecule has 0 radical (unpaired) electrons. The summed E-state index contributed by atoms with van der Waals surface area (Å²) >= 11 is 3.27. The van der Waals surface area contributed by atoms with Crippen molar-refractivity contribution in [3.63, 3.8) is 0 Å². The van der Waals surface area contributed by atoms with Crippen LogP contribution in [0.25, 0.3) is 0 Å². The number of rotatable bonds is 3. The fraction of sp³-hybridized carbons (Fsp3) is 0.417. The number of hydrogen-bond acceptors (Lipinski definition) is 5. The van der Waals surface area contributed by atoms with Crippen molar-refractivity contribution < 1.29 is 9.21 Å². The molecule has 19 heavy (non-hydrogen) atoms. The van der Waals surface area contributed by atoms with E-state index in [0.29, 0.717) is 16.2 Å². The molecule has 0 unspecified atom stereocenters. The quantitative estimate of drug-likeness (QED) is 0.871. The standard InChI is InChI=1S/C12H13BrN4O2/c13-9-3-6-19-12(9)11(18)10-7-17(16-15-10)8-1-4-14-5-2-8/h3,6-8,14H,1-2,4-5H2. The molecule has 0 saturated carbocycles. The summed E-state index contributed by atoms with van der Waals surface area (Å²) in [5.41, 5.74) is 0.314. The number of carbonyl (C=O) groups excluding carboxylic acids is 1. The molecule has 1 aliphatic heterocycles. The zero-order valence-electron chi connectivity index (χ0n) is 10.2. The lowest BCUT2D eigenvalue weighted by Gasteiger charge is -2.21. The van der Waals surface area contributed by atoms with Crippen LogP contribution < -0.4 is 5.32 Å². The lowest BCUT2D eigenvalue weighted by Crippen LogP contribution is -2.29. The molecule has 0 spiro atoms. The molecule has 3 rings (SSSR count). The van der Waals surface area contributed by atoms with Crippen LogP contribution in [0.4, 0.5) is 0 Å². The highest BCUT2D eigenvalue weighted by Gasteiger charge is 2.22. The Hall–Kier alpha value is -1.47. The fourth-order valence-electron chi connectivity index (χ4n) is 2.20. The highest BCUT2D eigenvalue weighted by molar-refractivity contribution is 9.10. The summed E-state index contributed by atoms with van der Waals surface area (Å²) in [5, 5.41) is 11.3. The van der Waals surface area contributed by atoms with Gasteiger partial charge in [0.15, 0.2) is 11.5 Å². The number of nitrogens with zero attached hydrogens (tertiary/aromatic N) is 3. The number of furan rings is 1. The van der Waals surface area contributed by atoms with Crippen LogP contribution in [-0.2, 0) is 0 Å². The third-order valence-corrected chi connectivity index (χ3v) is 3.87. The summed E-state index contributed by atoms with van der Waals surface area (Å²) in [7, 11) is 0. The second-order valence-corrected chi connectivity index (χ2v) is 5.35. The van der Waals surface area contributed by atoms with Gasteiger partial charge in [0.25, 0.3) is 5.78 Å². The van der Waals surface area contributed by atoms with Crippen LogP contribution >= 0.6 is 15.9 Å². The Bertz CT molecular complexity index is 586. The molecule has 6 nitrogen and oxygen atoms in total. The number of carbonyl (C=O) groups is 1. The molecule has 1 aliphatic rings. The highest BCUT2D eigenvalue weighted by atomic mass is 79.9. The Kier molecular flexibility index (Phi) is 3.48. The Morgan fingerprint density at radius 2 is 2.26 bits per heavy atom. The Morgan fingerprint density at radius 1 is 1.47 bits per heavy atom. The van der Waals surface area contributed by atoms with E-state index in [9.17, 15) is 4.79 Å². The molecule has 2 aromatic heterocycles. The maximum atomic E-state index is 12.2. The first-order valence-electron chi connectivity index (χ1n) is 6.16. The summed E-state index contributed by atoms with van der Waals surface area (Å²) in [6, 6.07) is 2.00. The predicted octanol–water partition coefficient (Wildman–Crippen LogP) is 1.79. The maximum Gasteiger partial charge on any atom is 0.251 e. The first-order valence-corrected chi connectivity index (χ1v) is 6.95. The molecule has 100 valence electrons. The minimum absolute atomic E-state index is 0.253. The number of hydrogen-bond donors (Lipinski definition) is 1. The van der Waals surface area contributed by atoms with E-state index >= 15 is 0 Å². The van der Waals surface area contributed by atoms with E-state index in [1.165, 1.54) is 6.26 Å². The van der Waals surface area contributed by atoms with Crippen LogP contribution in [0.1, 0.15) is 35.1 Å². The first kappa shape index (κ1) is 12.6. The third-order valence-electron chi connectivity index (χ3n) is 3.25. The zero-order valence-corrected chi connectivity index (χ0v) is 11.8. The van der Waals surface area contributed by atoms with E-state index in [-0.39, 0.29) is 11.5 Å². The van der Waals surface area contributed by atoms with Crippen molar-refractivity contribution in [3.05, 3.63) is 34.5 Å². The first-order chi connectivity index (χ1) is 9.25. The van der Waals surface area contributed by atoms with E-state index in [2.05, 4.69) is 31.6 Å². The molecule has 7 heteroatoms. The van der Waals surface area contributed by atoms with Crippen molar-refractivity contribution in [1.29, 1.82) is 0 Å². The van der Waals surface area contributed by atoms with Crippen molar-refractivity contribution in [2.75, 3.05) is 13.1 Å². The molecule has 0 bridgehead atoms. The summed E-state index contributed by atoms with van der Waals surface area (Å²) in [6.07, 6.45) is 5.17. The van der Waals surface area contributed by atoms with E-state index in [4.69, 9.17) is 4.42 Å².